The van der Waals surface area contributed by atoms with Crippen LogP contribution in [-0.4, -0.2) is 52.3 Å². The summed E-state index contributed by atoms with van der Waals surface area (Å²) in [6.45, 7) is 4.07. The number of anilines is 1. The van der Waals surface area contributed by atoms with Crippen LogP contribution in [0.4, 0.5) is 10.7 Å². The van der Waals surface area contributed by atoms with Gasteiger partial charge >= 0.3 is 12.1 Å². The molecule has 0 saturated carbocycles. The average Bonchev–Trinajstić information content (AvgIpc) is 3.42. The number of carboxylic acids is 1. The fraction of sp³-hybridized carbons (Fsp3) is 0.308. The van der Waals surface area contributed by atoms with Crippen molar-refractivity contribution >= 4 is 23.9 Å². The Morgan fingerprint density at radius 1 is 1.09 bits per heavy atom. The van der Waals surface area contributed by atoms with Crippen LogP contribution in [0.25, 0.3) is 11.1 Å². The molecule has 0 bridgehead atoms. The number of carboxylic acid groups (broad SMARTS) is 1. The minimum Gasteiger partial charge on any atom is -0.481 e. The molecule has 1 aliphatic rings. The number of hydrogen-bond acceptors (Lipinski definition) is 6. The van der Waals surface area contributed by atoms with Gasteiger partial charge in [0, 0.05) is 31.0 Å². The third-order valence-corrected chi connectivity index (χ3v) is 5.97. The van der Waals surface area contributed by atoms with Crippen molar-refractivity contribution in [1.82, 2.24) is 10.1 Å². The van der Waals surface area contributed by atoms with Crippen LogP contribution in [0.2, 0.25) is 0 Å². The fourth-order valence-electron chi connectivity index (χ4n) is 4.31. The highest BCUT2D eigenvalue weighted by Crippen LogP contribution is 2.44. The summed E-state index contributed by atoms with van der Waals surface area (Å²) < 4.78 is 10.6. The number of hydrogen-bond donors (Lipinski definition) is 2. The number of amides is 2. The number of rotatable bonds is 9. The summed E-state index contributed by atoms with van der Waals surface area (Å²) in [6.07, 6.45) is -0.435. The molecule has 0 atom stereocenters. The molecule has 0 fully saturated rings. The number of nitrogens with one attached hydrogen (secondary N) is 1. The first-order valence-corrected chi connectivity index (χ1v) is 11.5. The van der Waals surface area contributed by atoms with Gasteiger partial charge in [0.1, 0.15) is 6.61 Å². The zero-order valence-corrected chi connectivity index (χ0v) is 19.6. The van der Waals surface area contributed by atoms with Gasteiger partial charge in [-0.05, 0) is 42.5 Å². The van der Waals surface area contributed by atoms with Crippen molar-refractivity contribution in [3.8, 4) is 11.1 Å². The van der Waals surface area contributed by atoms with Gasteiger partial charge in [-0.25, -0.2) is 4.79 Å². The minimum atomic E-state index is -0.919. The van der Waals surface area contributed by atoms with Crippen LogP contribution in [0, 0.1) is 0 Å². The van der Waals surface area contributed by atoms with Crippen molar-refractivity contribution in [2.45, 2.75) is 38.6 Å². The fourth-order valence-corrected chi connectivity index (χ4v) is 4.31. The second kappa shape index (κ2) is 10.4. The quantitative estimate of drug-likeness (QED) is 0.456. The number of aromatic nitrogens is 1. The van der Waals surface area contributed by atoms with Crippen LogP contribution in [0.15, 0.2) is 59.1 Å². The highest BCUT2D eigenvalue weighted by molar-refractivity contribution is 5.94. The summed E-state index contributed by atoms with van der Waals surface area (Å²) >= 11 is 0. The minimum absolute atomic E-state index is 0.0141. The summed E-state index contributed by atoms with van der Waals surface area (Å²) in [5, 5.41) is 15.1. The molecule has 9 heteroatoms. The first-order chi connectivity index (χ1) is 16.8. The molecule has 182 valence electrons. The predicted molar refractivity (Wildman–Crippen MR) is 128 cm³/mol. The van der Waals surface area contributed by atoms with E-state index in [1.54, 1.807) is 0 Å². The number of carbonyl (C=O) groups is 3. The predicted octanol–water partition coefficient (Wildman–Crippen LogP) is 4.75. The smallest absolute Gasteiger partial charge is 0.414 e. The largest absolute Gasteiger partial charge is 0.481 e. The maximum absolute atomic E-state index is 12.8. The zero-order valence-electron chi connectivity index (χ0n) is 19.6. The lowest BCUT2D eigenvalue weighted by Gasteiger charge is -2.25. The van der Waals surface area contributed by atoms with Crippen LogP contribution in [-0.2, 0) is 9.53 Å². The van der Waals surface area contributed by atoms with E-state index < -0.39 is 18.0 Å². The zero-order chi connectivity index (χ0) is 24.9. The summed E-state index contributed by atoms with van der Waals surface area (Å²) in [5.74, 6) is -1.42. The maximum Gasteiger partial charge on any atom is 0.414 e. The maximum atomic E-state index is 12.8. The van der Waals surface area contributed by atoms with Crippen LogP contribution < -0.4 is 5.32 Å². The van der Waals surface area contributed by atoms with Crippen molar-refractivity contribution in [3.05, 3.63) is 71.4 Å². The number of carbonyl (C=O) groups excluding carboxylic acids is 2. The number of nitrogens with zero attached hydrogens (tertiary/aromatic N) is 2. The molecular formula is C26H27N3O6. The Morgan fingerprint density at radius 3 is 2.31 bits per heavy atom. The molecule has 0 unspecified atom stereocenters. The molecule has 4 rings (SSSR count). The molecule has 1 aromatic heterocycles. The van der Waals surface area contributed by atoms with Crippen molar-refractivity contribution in [1.29, 1.82) is 0 Å². The molecule has 0 aliphatic heterocycles. The van der Waals surface area contributed by atoms with Crippen LogP contribution in [0.3, 0.4) is 0 Å². The lowest BCUT2D eigenvalue weighted by atomic mass is 9.98. The summed E-state index contributed by atoms with van der Waals surface area (Å²) in [7, 11) is 0. The van der Waals surface area contributed by atoms with Crippen LogP contribution >= 0.6 is 0 Å². The topological polar surface area (TPSA) is 122 Å². The molecule has 2 N–H and O–H groups in total. The summed E-state index contributed by atoms with van der Waals surface area (Å²) in [5.41, 5.74) is 4.49. The van der Waals surface area contributed by atoms with Gasteiger partial charge in [0.25, 0.3) is 5.91 Å². The normalized spacial score (nSPS) is 12.2. The molecule has 2 amide bonds. The van der Waals surface area contributed by atoms with Gasteiger partial charge in [-0.15, -0.1) is 0 Å². The third kappa shape index (κ3) is 5.34. The van der Waals surface area contributed by atoms with Crippen LogP contribution in [0.5, 0.6) is 0 Å². The van der Waals surface area contributed by atoms with E-state index in [1.807, 2.05) is 50.2 Å². The third-order valence-electron chi connectivity index (χ3n) is 5.97. The van der Waals surface area contributed by atoms with Gasteiger partial charge in [0.05, 0.1) is 0 Å². The molecule has 3 aromatic rings. The van der Waals surface area contributed by atoms with Gasteiger partial charge < -0.3 is 19.3 Å². The van der Waals surface area contributed by atoms with E-state index in [2.05, 4.69) is 22.6 Å². The molecule has 0 saturated heterocycles. The van der Waals surface area contributed by atoms with Gasteiger partial charge in [-0.2, -0.15) is 0 Å². The Morgan fingerprint density at radius 2 is 1.71 bits per heavy atom. The van der Waals surface area contributed by atoms with E-state index in [1.165, 1.54) is 11.0 Å². The van der Waals surface area contributed by atoms with Gasteiger partial charge in [0.15, 0.2) is 5.69 Å². The summed E-state index contributed by atoms with van der Waals surface area (Å²) in [4.78, 5) is 37.5. The molecule has 0 radical (unpaired) electrons. The van der Waals surface area contributed by atoms with Crippen LogP contribution in [0.1, 0.15) is 54.2 Å². The van der Waals surface area contributed by atoms with Crippen molar-refractivity contribution in [2.75, 3.05) is 18.5 Å². The molecule has 35 heavy (non-hydrogen) atoms. The number of aliphatic carboxylic acids is 1. The van der Waals surface area contributed by atoms with Crippen molar-refractivity contribution in [3.63, 3.8) is 0 Å². The lowest BCUT2D eigenvalue weighted by Crippen LogP contribution is -2.38. The van der Waals surface area contributed by atoms with Crippen molar-refractivity contribution in [2.24, 2.45) is 0 Å². The molecule has 0 spiro atoms. The second-order valence-electron chi connectivity index (χ2n) is 8.62. The van der Waals surface area contributed by atoms with E-state index in [-0.39, 0.29) is 43.1 Å². The Kier molecular flexibility index (Phi) is 7.14. The molecule has 9 nitrogen and oxygen atoms in total. The van der Waals surface area contributed by atoms with E-state index in [0.717, 1.165) is 22.3 Å². The monoisotopic (exact) mass is 477 g/mol. The van der Waals surface area contributed by atoms with Gasteiger partial charge in [0.2, 0.25) is 5.88 Å². The van der Waals surface area contributed by atoms with Crippen molar-refractivity contribution < 1.29 is 28.8 Å². The highest BCUT2D eigenvalue weighted by atomic mass is 16.6. The Balaban J connectivity index is 1.36. The Hall–Kier alpha value is -4.14. The highest BCUT2D eigenvalue weighted by Gasteiger charge is 2.29. The molecular weight excluding hydrogens is 450 g/mol. The second-order valence-corrected chi connectivity index (χ2v) is 8.62. The molecule has 1 heterocycles. The number of ether oxygens (including phenoxy) is 1. The average molecular weight is 478 g/mol. The molecule has 2 aromatic carbocycles. The SMILES string of the molecule is CC(C)N(CCCC(=O)O)C(=O)c1cc(NC(=O)OCC2c3ccccc3-c3ccccc32)on1. The standard InChI is InChI=1S/C26H27N3O6/c1-16(2)29(13-7-12-24(30)31)25(32)22-14-23(35-28-22)27-26(33)34-15-21-19-10-5-3-8-17(19)18-9-4-6-11-20(18)21/h3-6,8-11,14,16,21H,7,12-13,15H2,1-2H3,(H,27,33)(H,30,31). The van der Waals surface area contributed by atoms with E-state index in [4.69, 9.17) is 14.4 Å². The summed E-state index contributed by atoms with van der Waals surface area (Å²) in [6, 6.07) is 17.3. The first-order valence-electron chi connectivity index (χ1n) is 11.5. The first kappa shape index (κ1) is 24.0. The van der Waals surface area contributed by atoms with E-state index >= 15 is 0 Å². The number of fused-ring (bicyclic) bond motifs is 3. The van der Waals surface area contributed by atoms with Gasteiger partial charge in [-0.1, -0.05) is 53.7 Å². The number of benzene rings is 2. The Labute approximate surface area is 202 Å². The van der Waals surface area contributed by atoms with Gasteiger partial charge in [-0.3, -0.25) is 14.9 Å². The van der Waals surface area contributed by atoms with E-state index in [0.29, 0.717) is 6.42 Å². The Bertz CT molecular complexity index is 1190. The lowest BCUT2D eigenvalue weighted by molar-refractivity contribution is -0.137. The van der Waals surface area contributed by atoms with E-state index in [9.17, 15) is 14.4 Å². The molecule has 1 aliphatic carbocycles.